The van der Waals surface area contributed by atoms with E-state index in [4.69, 9.17) is 5.11 Å². The molecule has 0 aromatic heterocycles. The molecule has 4 nitrogen and oxygen atoms in total. The fraction of sp³-hybridized carbons (Fsp3) is 0.588. The first-order valence-electron chi connectivity index (χ1n) is 7.93. The lowest BCUT2D eigenvalue weighted by Gasteiger charge is -2.28. The third kappa shape index (κ3) is 3.05. The number of aryl methyl sites for hydroxylation is 1. The van der Waals surface area contributed by atoms with E-state index in [1.54, 1.807) is 0 Å². The van der Waals surface area contributed by atoms with Crippen molar-refractivity contribution >= 4 is 11.6 Å². The molecule has 1 aliphatic heterocycles. The molecular weight excluding hydrogens is 264 g/mol. The zero-order chi connectivity index (χ0) is 14.8. The van der Waals surface area contributed by atoms with Gasteiger partial charge in [-0.05, 0) is 49.7 Å². The van der Waals surface area contributed by atoms with Crippen LogP contribution in [0, 0.1) is 12.8 Å². The van der Waals surface area contributed by atoms with Crippen molar-refractivity contribution in [3.05, 3.63) is 29.3 Å². The fourth-order valence-electron chi connectivity index (χ4n) is 3.50. The minimum Gasteiger partial charge on any atom is -0.396 e. The normalized spacial score (nSPS) is 27.8. The third-order valence-corrected chi connectivity index (χ3v) is 4.87. The maximum atomic E-state index is 12.4. The third-order valence-electron chi connectivity index (χ3n) is 4.87. The fourth-order valence-corrected chi connectivity index (χ4v) is 3.50. The smallest absolute Gasteiger partial charge is 0.243 e. The molecule has 2 aliphatic rings. The highest BCUT2D eigenvalue weighted by Gasteiger charge is 2.30. The summed E-state index contributed by atoms with van der Waals surface area (Å²) in [5, 5.41) is 15.7. The number of nitrogens with one attached hydrogen (secondary N) is 2. The Balaban J connectivity index is 1.55. The number of benzene rings is 1. The number of hydrogen-bond acceptors (Lipinski definition) is 3. The highest BCUT2D eigenvalue weighted by molar-refractivity contribution is 5.88. The summed E-state index contributed by atoms with van der Waals surface area (Å²) in [5.74, 6) is 0.535. The van der Waals surface area contributed by atoms with E-state index in [0.717, 1.165) is 37.8 Å². The molecule has 1 aromatic carbocycles. The number of fused-ring (bicyclic) bond motifs is 1. The maximum absolute atomic E-state index is 12.4. The van der Waals surface area contributed by atoms with Crippen LogP contribution in [0.4, 0.5) is 5.69 Å². The van der Waals surface area contributed by atoms with Gasteiger partial charge in [0.1, 0.15) is 6.04 Å². The van der Waals surface area contributed by atoms with Crippen LogP contribution in [0.25, 0.3) is 0 Å². The zero-order valence-corrected chi connectivity index (χ0v) is 12.6. The Bertz CT molecular complexity index is 522. The lowest BCUT2D eigenvalue weighted by Crippen LogP contribution is -2.45. The molecule has 0 radical (unpaired) electrons. The van der Waals surface area contributed by atoms with E-state index in [1.807, 2.05) is 6.07 Å². The lowest BCUT2D eigenvalue weighted by molar-refractivity contribution is -0.122. The van der Waals surface area contributed by atoms with Gasteiger partial charge >= 0.3 is 0 Å². The molecule has 21 heavy (non-hydrogen) atoms. The summed E-state index contributed by atoms with van der Waals surface area (Å²) < 4.78 is 0. The molecule has 1 aliphatic carbocycles. The molecule has 1 atom stereocenters. The number of amides is 1. The second-order valence-corrected chi connectivity index (χ2v) is 6.42. The molecule has 1 aromatic rings. The molecule has 0 saturated heterocycles. The van der Waals surface area contributed by atoms with Crippen molar-refractivity contribution in [2.45, 2.75) is 51.1 Å². The van der Waals surface area contributed by atoms with Crippen LogP contribution in [0.1, 0.15) is 36.8 Å². The predicted octanol–water partition coefficient (Wildman–Crippen LogP) is 2.00. The SMILES string of the molecule is Cc1cccc2c1NC(C(=O)NC1CCC(CO)CC1)C2. The van der Waals surface area contributed by atoms with E-state index in [-0.39, 0.29) is 24.6 Å². The Morgan fingerprint density at radius 3 is 2.76 bits per heavy atom. The van der Waals surface area contributed by atoms with Crippen LogP contribution < -0.4 is 10.6 Å². The average Bonchev–Trinajstić information content (AvgIpc) is 2.94. The topological polar surface area (TPSA) is 61.4 Å². The van der Waals surface area contributed by atoms with Crippen LogP contribution in [0.5, 0.6) is 0 Å². The predicted molar refractivity (Wildman–Crippen MR) is 83.3 cm³/mol. The van der Waals surface area contributed by atoms with Crippen molar-refractivity contribution in [1.82, 2.24) is 5.32 Å². The molecule has 3 N–H and O–H groups in total. The minimum absolute atomic E-state index is 0.109. The van der Waals surface area contributed by atoms with Crippen molar-refractivity contribution in [2.24, 2.45) is 5.92 Å². The summed E-state index contributed by atoms with van der Waals surface area (Å²) in [5.41, 5.74) is 3.56. The summed E-state index contributed by atoms with van der Waals surface area (Å²) in [6.45, 7) is 2.35. The summed E-state index contributed by atoms with van der Waals surface area (Å²) in [4.78, 5) is 12.4. The first kappa shape index (κ1) is 14.4. The molecular formula is C17H24N2O2. The number of para-hydroxylation sites is 1. The van der Waals surface area contributed by atoms with Gasteiger partial charge in [-0.2, -0.15) is 0 Å². The van der Waals surface area contributed by atoms with Crippen molar-refractivity contribution in [2.75, 3.05) is 11.9 Å². The summed E-state index contributed by atoms with van der Waals surface area (Å²) in [6, 6.07) is 6.34. The van der Waals surface area contributed by atoms with Crippen molar-refractivity contribution in [3.63, 3.8) is 0 Å². The number of hydrogen-bond donors (Lipinski definition) is 3. The minimum atomic E-state index is -0.142. The first-order valence-corrected chi connectivity index (χ1v) is 7.93. The Hall–Kier alpha value is -1.55. The van der Waals surface area contributed by atoms with E-state index in [2.05, 4.69) is 29.7 Å². The molecule has 4 heteroatoms. The Labute approximate surface area is 125 Å². The zero-order valence-electron chi connectivity index (χ0n) is 12.6. The first-order chi connectivity index (χ1) is 10.2. The van der Waals surface area contributed by atoms with Gasteiger partial charge in [0.2, 0.25) is 5.91 Å². The van der Waals surface area contributed by atoms with Crippen LogP contribution in [0.15, 0.2) is 18.2 Å². The van der Waals surface area contributed by atoms with Crippen LogP contribution in [-0.2, 0) is 11.2 Å². The van der Waals surface area contributed by atoms with Crippen LogP contribution >= 0.6 is 0 Å². The number of rotatable bonds is 3. The van der Waals surface area contributed by atoms with E-state index in [9.17, 15) is 4.79 Å². The summed E-state index contributed by atoms with van der Waals surface area (Å²) in [6.07, 6.45) is 4.76. The van der Waals surface area contributed by atoms with Crippen LogP contribution in [0.2, 0.25) is 0 Å². The molecule has 0 spiro atoms. The summed E-state index contributed by atoms with van der Waals surface area (Å²) in [7, 11) is 0. The van der Waals surface area contributed by atoms with Crippen molar-refractivity contribution in [1.29, 1.82) is 0 Å². The molecule has 1 saturated carbocycles. The molecule has 1 heterocycles. The number of aliphatic hydroxyl groups excluding tert-OH is 1. The van der Waals surface area contributed by atoms with E-state index in [0.29, 0.717) is 5.92 Å². The molecule has 1 fully saturated rings. The maximum Gasteiger partial charge on any atom is 0.243 e. The van der Waals surface area contributed by atoms with Gasteiger partial charge in [0.25, 0.3) is 0 Å². The largest absolute Gasteiger partial charge is 0.396 e. The van der Waals surface area contributed by atoms with E-state index < -0.39 is 0 Å². The van der Waals surface area contributed by atoms with E-state index in [1.165, 1.54) is 11.1 Å². The van der Waals surface area contributed by atoms with E-state index >= 15 is 0 Å². The van der Waals surface area contributed by atoms with Gasteiger partial charge in [-0.15, -0.1) is 0 Å². The Morgan fingerprint density at radius 2 is 2.10 bits per heavy atom. The number of anilines is 1. The molecule has 3 rings (SSSR count). The second kappa shape index (κ2) is 6.06. The Morgan fingerprint density at radius 1 is 1.33 bits per heavy atom. The molecule has 1 amide bonds. The van der Waals surface area contributed by atoms with Gasteiger partial charge in [-0.1, -0.05) is 18.2 Å². The van der Waals surface area contributed by atoms with Gasteiger partial charge in [0.05, 0.1) is 0 Å². The highest BCUT2D eigenvalue weighted by atomic mass is 16.3. The average molecular weight is 288 g/mol. The highest BCUT2D eigenvalue weighted by Crippen LogP contribution is 2.29. The molecule has 114 valence electrons. The standard InChI is InChI=1S/C17H24N2O2/c1-11-3-2-4-13-9-15(19-16(11)13)17(21)18-14-7-5-12(10-20)6-8-14/h2-4,12,14-15,19-20H,5-10H2,1H3,(H,18,21). The Kier molecular flexibility index (Phi) is 4.15. The van der Waals surface area contributed by atoms with Crippen molar-refractivity contribution in [3.8, 4) is 0 Å². The van der Waals surface area contributed by atoms with Crippen LogP contribution in [0.3, 0.4) is 0 Å². The summed E-state index contributed by atoms with van der Waals surface area (Å²) >= 11 is 0. The van der Waals surface area contributed by atoms with Gasteiger partial charge in [-0.3, -0.25) is 4.79 Å². The van der Waals surface area contributed by atoms with Crippen LogP contribution in [-0.4, -0.2) is 29.7 Å². The molecule has 1 unspecified atom stereocenters. The number of carbonyl (C=O) groups is 1. The van der Waals surface area contributed by atoms with Gasteiger partial charge in [-0.25, -0.2) is 0 Å². The lowest BCUT2D eigenvalue weighted by atomic mass is 9.86. The monoisotopic (exact) mass is 288 g/mol. The van der Waals surface area contributed by atoms with Crippen molar-refractivity contribution < 1.29 is 9.90 Å². The second-order valence-electron chi connectivity index (χ2n) is 6.42. The number of aliphatic hydroxyl groups is 1. The number of carbonyl (C=O) groups excluding carboxylic acids is 1. The van der Waals surface area contributed by atoms with Gasteiger partial charge in [0, 0.05) is 24.8 Å². The van der Waals surface area contributed by atoms with Gasteiger partial charge in [0.15, 0.2) is 0 Å². The molecule has 0 bridgehead atoms. The van der Waals surface area contributed by atoms with Gasteiger partial charge < -0.3 is 15.7 Å². The quantitative estimate of drug-likeness (QED) is 0.797.